The van der Waals surface area contributed by atoms with E-state index in [-0.39, 0.29) is 16.8 Å². The predicted octanol–water partition coefficient (Wildman–Crippen LogP) is 4.30. The number of rotatable bonds is 8. The van der Waals surface area contributed by atoms with E-state index in [0.29, 0.717) is 22.7 Å². The van der Waals surface area contributed by atoms with Crippen LogP contribution in [0.3, 0.4) is 0 Å². The Morgan fingerprint density at radius 3 is 2.31 bits per heavy atom. The number of anilines is 1. The minimum Gasteiger partial charge on any atom is -0.497 e. The second-order valence-corrected chi connectivity index (χ2v) is 8.98. The molecule has 3 rings (SSSR count). The number of carbonyl (C=O) groups excluding carboxylic acids is 1. The monoisotopic (exact) mass is 454 g/mol. The number of hydrogen-bond donors (Lipinski definition) is 2. The molecule has 3 aromatic carbocycles. The van der Waals surface area contributed by atoms with Gasteiger partial charge in [0.1, 0.15) is 11.5 Å². The summed E-state index contributed by atoms with van der Waals surface area (Å²) < 4.78 is 38.5. The van der Waals surface area contributed by atoms with Crippen LogP contribution in [0.5, 0.6) is 11.5 Å². The summed E-state index contributed by atoms with van der Waals surface area (Å²) in [5.74, 6) is 0.923. The van der Waals surface area contributed by atoms with Crippen molar-refractivity contribution in [2.24, 2.45) is 0 Å². The Kier molecular flexibility index (Phi) is 7.05. The third-order valence-electron chi connectivity index (χ3n) is 4.96. The zero-order chi connectivity index (χ0) is 23.3. The van der Waals surface area contributed by atoms with Gasteiger partial charge in [-0.15, -0.1) is 0 Å². The molecule has 0 radical (unpaired) electrons. The van der Waals surface area contributed by atoms with Gasteiger partial charge in [0.2, 0.25) is 0 Å². The molecule has 0 saturated heterocycles. The van der Waals surface area contributed by atoms with Gasteiger partial charge in [-0.2, -0.15) is 0 Å². The van der Waals surface area contributed by atoms with Gasteiger partial charge in [0.15, 0.2) is 0 Å². The molecule has 1 atom stereocenters. The van der Waals surface area contributed by atoms with Gasteiger partial charge >= 0.3 is 0 Å². The molecule has 7 nitrogen and oxygen atoms in total. The fraction of sp³-hybridized carbons (Fsp3) is 0.208. The average molecular weight is 455 g/mol. The highest BCUT2D eigenvalue weighted by molar-refractivity contribution is 7.92. The lowest BCUT2D eigenvalue weighted by atomic mass is 10.1. The largest absolute Gasteiger partial charge is 0.497 e. The third kappa shape index (κ3) is 5.39. The van der Waals surface area contributed by atoms with Gasteiger partial charge < -0.3 is 14.8 Å². The van der Waals surface area contributed by atoms with Gasteiger partial charge in [-0.25, -0.2) is 8.42 Å². The fourth-order valence-electron chi connectivity index (χ4n) is 3.19. The summed E-state index contributed by atoms with van der Waals surface area (Å²) in [5, 5.41) is 2.91. The SMILES string of the molecule is COc1ccc(OC)c(C(C)NC(=O)c2cccc(NS(=O)(=O)c3ccc(C)cc3)c2)c1. The molecule has 168 valence electrons. The van der Waals surface area contributed by atoms with E-state index in [2.05, 4.69) is 10.0 Å². The Morgan fingerprint density at radius 1 is 0.938 bits per heavy atom. The third-order valence-corrected chi connectivity index (χ3v) is 6.36. The molecule has 0 heterocycles. The second-order valence-electron chi connectivity index (χ2n) is 7.30. The number of carbonyl (C=O) groups is 1. The Bertz CT molecular complexity index is 1210. The quantitative estimate of drug-likeness (QED) is 0.529. The number of methoxy groups -OCH3 is 2. The molecule has 0 fully saturated rings. The zero-order valence-corrected chi connectivity index (χ0v) is 19.2. The second kappa shape index (κ2) is 9.74. The minimum absolute atomic E-state index is 0.150. The molecule has 2 N–H and O–H groups in total. The van der Waals surface area contributed by atoms with Crippen molar-refractivity contribution in [3.63, 3.8) is 0 Å². The molecular formula is C24H26N2O5S. The average Bonchev–Trinajstić information content (AvgIpc) is 2.78. The number of sulfonamides is 1. The van der Waals surface area contributed by atoms with Crippen LogP contribution in [-0.2, 0) is 10.0 Å². The van der Waals surface area contributed by atoms with E-state index < -0.39 is 10.0 Å². The molecule has 0 aliphatic rings. The van der Waals surface area contributed by atoms with Crippen molar-refractivity contribution in [3.8, 4) is 11.5 Å². The van der Waals surface area contributed by atoms with Crippen molar-refractivity contribution < 1.29 is 22.7 Å². The predicted molar refractivity (Wildman–Crippen MR) is 124 cm³/mol. The molecule has 0 bridgehead atoms. The maximum atomic E-state index is 12.8. The van der Waals surface area contributed by atoms with Crippen molar-refractivity contribution in [1.29, 1.82) is 0 Å². The van der Waals surface area contributed by atoms with E-state index >= 15 is 0 Å². The summed E-state index contributed by atoms with van der Waals surface area (Å²) in [7, 11) is -0.641. The normalized spacial score (nSPS) is 12.0. The van der Waals surface area contributed by atoms with Gasteiger partial charge in [-0.3, -0.25) is 9.52 Å². The van der Waals surface area contributed by atoms with Crippen LogP contribution in [0, 0.1) is 6.92 Å². The molecule has 1 amide bonds. The summed E-state index contributed by atoms with van der Waals surface area (Å²) in [6, 6.07) is 17.9. The number of nitrogens with one attached hydrogen (secondary N) is 2. The summed E-state index contributed by atoms with van der Waals surface area (Å²) in [4.78, 5) is 13.0. The zero-order valence-electron chi connectivity index (χ0n) is 18.4. The van der Waals surface area contributed by atoms with Crippen LogP contribution in [0.25, 0.3) is 0 Å². The summed E-state index contributed by atoms with van der Waals surface area (Å²) in [5.41, 5.74) is 2.34. The molecule has 0 spiro atoms. The highest BCUT2D eigenvalue weighted by Gasteiger charge is 2.18. The first-order valence-electron chi connectivity index (χ1n) is 9.96. The molecule has 32 heavy (non-hydrogen) atoms. The maximum absolute atomic E-state index is 12.8. The van der Waals surface area contributed by atoms with Crippen molar-refractivity contribution in [2.45, 2.75) is 24.8 Å². The Labute approximate surface area is 188 Å². The Morgan fingerprint density at radius 2 is 1.66 bits per heavy atom. The molecule has 8 heteroatoms. The molecular weight excluding hydrogens is 428 g/mol. The van der Waals surface area contributed by atoms with Crippen LogP contribution in [0.1, 0.15) is 34.5 Å². The summed E-state index contributed by atoms with van der Waals surface area (Å²) in [6.07, 6.45) is 0. The lowest BCUT2D eigenvalue weighted by Crippen LogP contribution is -2.27. The van der Waals surface area contributed by atoms with Gasteiger partial charge in [0, 0.05) is 16.8 Å². The molecule has 3 aromatic rings. The van der Waals surface area contributed by atoms with Crippen molar-refractivity contribution in [2.75, 3.05) is 18.9 Å². The van der Waals surface area contributed by atoms with Crippen molar-refractivity contribution in [3.05, 3.63) is 83.4 Å². The molecule has 1 unspecified atom stereocenters. The smallest absolute Gasteiger partial charge is 0.261 e. The van der Waals surface area contributed by atoms with Crippen LogP contribution >= 0.6 is 0 Å². The first kappa shape index (κ1) is 23.1. The fourth-order valence-corrected chi connectivity index (χ4v) is 4.24. The van der Waals surface area contributed by atoms with Crippen LogP contribution < -0.4 is 19.5 Å². The summed E-state index contributed by atoms with van der Waals surface area (Å²) >= 11 is 0. The van der Waals surface area contributed by atoms with Crippen LogP contribution in [0.15, 0.2) is 71.6 Å². The number of amides is 1. The van der Waals surface area contributed by atoms with E-state index in [0.717, 1.165) is 11.1 Å². The number of benzene rings is 3. The van der Waals surface area contributed by atoms with Crippen molar-refractivity contribution in [1.82, 2.24) is 5.32 Å². The summed E-state index contributed by atoms with van der Waals surface area (Å²) in [6.45, 7) is 3.72. The van der Waals surface area contributed by atoms with E-state index in [1.807, 2.05) is 13.8 Å². The molecule has 0 aromatic heterocycles. The molecule has 0 aliphatic heterocycles. The number of hydrogen-bond acceptors (Lipinski definition) is 5. The van der Waals surface area contributed by atoms with Crippen LogP contribution in [0.2, 0.25) is 0 Å². The first-order valence-corrected chi connectivity index (χ1v) is 11.4. The number of ether oxygens (including phenoxy) is 2. The topological polar surface area (TPSA) is 93.7 Å². The van der Waals surface area contributed by atoms with Crippen LogP contribution in [-0.4, -0.2) is 28.5 Å². The minimum atomic E-state index is -3.77. The van der Waals surface area contributed by atoms with E-state index in [4.69, 9.17) is 9.47 Å². The van der Waals surface area contributed by atoms with Crippen molar-refractivity contribution >= 4 is 21.6 Å². The standard InChI is InChI=1S/C24H26N2O5S/c1-16-8-11-21(12-9-16)32(28,29)26-19-7-5-6-18(14-19)24(27)25-17(2)22-15-20(30-3)10-13-23(22)31-4/h5-15,17,26H,1-4H3,(H,25,27). The van der Waals surface area contributed by atoms with Gasteiger partial charge in [-0.1, -0.05) is 23.8 Å². The lowest BCUT2D eigenvalue weighted by molar-refractivity contribution is 0.0939. The first-order chi connectivity index (χ1) is 15.2. The maximum Gasteiger partial charge on any atom is 0.261 e. The highest BCUT2D eigenvalue weighted by Crippen LogP contribution is 2.29. The Balaban J connectivity index is 1.78. The molecule has 0 saturated carbocycles. The Hall–Kier alpha value is -3.52. The van der Waals surface area contributed by atoms with E-state index in [9.17, 15) is 13.2 Å². The van der Waals surface area contributed by atoms with Crippen LogP contribution in [0.4, 0.5) is 5.69 Å². The lowest BCUT2D eigenvalue weighted by Gasteiger charge is -2.18. The van der Waals surface area contributed by atoms with Gasteiger partial charge in [0.25, 0.3) is 15.9 Å². The highest BCUT2D eigenvalue weighted by atomic mass is 32.2. The van der Waals surface area contributed by atoms with Gasteiger partial charge in [0.05, 0.1) is 25.2 Å². The van der Waals surface area contributed by atoms with E-state index in [1.54, 1.807) is 62.8 Å². The van der Waals surface area contributed by atoms with Gasteiger partial charge in [-0.05, 0) is 62.4 Å². The number of aryl methyl sites for hydroxylation is 1. The van der Waals surface area contributed by atoms with E-state index in [1.165, 1.54) is 18.2 Å². The molecule has 0 aliphatic carbocycles.